The average Bonchev–Trinajstić information content (AvgIpc) is 2.47. The molecule has 0 atom stereocenters. The summed E-state index contributed by atoms with van der Waals surface area (Å²) in [5.41, 5.74) is 6.78. The van der Waals surface area contributed by atoms with Crippen molar-refractivity contribution >= 4 is 39.8 Å². The van der Waals surface area contributed by atoms with Crippen molar-refractivity contribution in [2.45, 2.75) is 11.1 Å². The Morgan fingerprint density at radius 3 is 2.92 bits per heavy atom. The number of hydrogen-bond donors (Lipinski definition) is 1. The first-order chi connectivity index (χ1) is 6.22. The number of nitrogen functional groups attached to an aromatic ring is 1. The van der Waals surface area contributed by atoms with Crippen molar-refractivity contribution < 1.29 is 0 Å². The van der Waals surface area contributed by atoms with Gasteiger partial charge in [-0.3, -0.25) is 0 Å². The lowest BCUT2D eigenvalue weighted by molar-refractivity contribution is 1.10. The molecule has 2 aromatic rings. The normalized spacial score (nSPS) is 10.9. The third kappa shape index (κ3) is 1.38. The third-order valence-corrected chi connectivity index (χ3v) is 3.87. The van der Waals surface area contributed by atoms with Crippen molar-refractivity contribution in [3.63, 3.8) is 0 Å². The molecule has 0 saturated carbocycles. The first kappa shape index (κ1) is 8.77. The van der Waals surface area contributed by atoms with Gasteiger partial charge in [0, 0.05) is 5.38 Å². The van der Waals surface area contributed by atoms with E-state index >= 15 is 0 Å². The van der Waals surface area contributed by atoms with Crippen molar-refractivity contribution in [2.24, 2.45) is 0 Å². The summed E-state index contributed by atoms with van der Waals surface area (Å²) in [6.45, 7) is 1.85. The van der Waals surface area contributed by atoms with Crippen molar-refractivity contribution in [1.29, 1.82) is 0 Å². The fourth-order valence-electron chi connectivity index (χ4n) is 1.23. The zero-order valence-electron chi connectivity index (χ0n) is 7.37. The summed E-state index contributed by atoms with van der Waals surface area (Å²) in [7, 11) is 0. The third-order valence-electron chi connectivity index (χ3n) is 1.74. The first-order valence-corrected chi connectivity index (χ1v) is 5.88. The summed E-state index contributed by atoms with van der Waals surface area (Å²) < 4.78 is 1.19. The number of aryl methyl sites for hydroxylation is 1. The highest BCUT2D eigenvalue weighted by molar-refractivity contribution is 8.00. The maximum Gasteiger partial charge on any atom is 0.137 e. The number of nitrogens with two attached hydrogens (primary N) is 1. The molecule has 0 saturated heterocycles. The molecule has 0 amide bonds. The quantitative estimate of drug-likeness (QED) is 0.735. The van der Waals surface area contributed by atoms with Crippen molar-refractivity contribution in [3.05, 3.63) is 11.2 Å². The first-order valence-electron chi connectivity index (χ1n) is 3.77. The SMILES string of the molecule is CSc1scc2nc(C)nc(N)c12. The number of thiophene rings is 1. The summed E-state index contributed by atoms with van der Waals surface area (Å²) in [6.07, 6.45) is 2.03. The van der Waals surface area contributed by atoms with Crippen LogP contribution in [-0.4, -0.2) is 16.2 Å². The number of aromatic nitrogens is 2. The molecular weight excluding hydrogens is 202 g/mol. The van der Waals surface area contributed by atoms with Crippen LogP contribution in [0.1, 0.15) is 5.82 Å². The van der Waals surface area contributed by atoms with Gasteiger partial charge < -0.3 is 5.73 Å². The molecule has 0 aliphatic carbocycles. The lowest BCUT2D eigenvalue weighted by Gasteiger charge is -1.98. The second kappa shape index (κ2) is 3.16. The molecule has 2 aromatic heterocycles. The van der Waals surface area contributed by atoms with Gasteiger partial charge in [-0.1, -0.05) is 0 Å². The van der Waals surface area contributed by atoms with Gasteiger partial charge in [0.1, 0.15) is 11.6 Å². The van der Waals surface area contributed by atoms with Crippen molar-refractivity contribution in [3.8, 4) is 0 Å². The van der Waals surface area contributed by atoms with Gasteiger partial charge in [0.2, 0.25) is 0 Å². The zero-order chi connectivity index (χ0) is 9.42. The second-order valence-electron chi connectivity index (χ2n) is 2.64. The van der Waals surface area contributed by atoms with E-state index < -0.39 is 0 Å². The molecule has 2 rings (SSSR count). The highest BCUT2D eigenvalue weighted by atomic mass is 32.2. The van der Waals surface area contributed by atoms with E-state index in [1.165, 1.54) is 4.21 Å². The molecule has 3 nitrogen and oxygen atoms in total. The van der Waals surface area contributed by atoms with Crippen LogP contribution in [0.25, 0.3) is 10.9 Å². The Balaban J connectivity index is 2.82. The van der Waals surface area contributed by atoms with Gasteiger partial charge in [0.25, 0.3) is 0 Å². The van der Waals surface area contributed by atoms with Crippen LogP contribution >= 0.6 is 23.1 Å². The number of thioether (sulfide) groups is 1. The Morgan fingerprint density at radius 2 is 2.23 bits per heavy atom. The average molecular weight is 211 g/mol. The maximum atomic E-state index is 5.82. The van der Waals surface area contributed by atoms with Gasteiger partial charge in [0.15, 0.2) is 0 Å². The molecular formula is C8H9N3S2. The fourth-order valence-corrected chi connectivity index (χ4v) is 2.89. The van der Waals surface area contributed by atoms with E-state index in [1.807, 2.05) is 18.6 Å². The molecule has 13 heavy (non-hydrogen) atoms. The standard InChI is InChI=1S/C8H9N3S2/c1-4-10-5-3-13-8(12-2)6(5)7(9)11-4/h3H,1-2H3,(H2,9,10,11). The number of fused-ring (bicyclic) bond motifs is 1. The van der Waals surface area contributed by atoms with Crippen LogP contribution < -0.4 is 5.73 Å². The number of rotatable bonds is 1. The molecule has 2 N–H and O–H groups in total. The highest BCUT2D eigenvalue weighted by Crippen LogP contribution is 2.34. The molecule has 0 radical (unpaired) electrons. The van der Waals surface area contributed by atoms with Crippen molar-refractivity contribution in [1.82, 2.24) is 9.97 Å². The minimum absolute atomic E-state index is 0.591. The summed E-state index contributed by atoms with van der Waals surface area (Å²) in [5, 5.41) is 3.02. The Morgan fingerprint density at radius 1 is 1.46 bits per heavy atom. The van der Waals surface area contributed by atoms with Gasteiger partial charge in [-0.2, -0.15) is 0 Å². The van der Waals surface area contributed by atoms with E-state index in [0.717, 1.165) is 16.7 Å². The van der Waals surface area contributed by atoms with Crippen molar-refractivity contribution in [2.75, 3.05) is 12.0 Å². The zero-order valence-corrected chi connectivity index (χ0v) is 9.00. The highest BCUT2D eigenvalue weighted by Gasteiger charge is 2.09. The Kier molecular flexibility index (Phi) is 2.13. The van der Waals surface area contributed by atoms with E-state index in [0.29, 0.717) is 5.82 Å². The largest absolute Gasteiger partial charge is 0.383 e. The number of hydrogen-bond acceptors (Lipinski definition) is 5. The van der Waals surface area contributed by atoms with Crippen LogP contribution in [0.5, 0.6) is 0 Å². The van der Waals surface area contributed by atoms with Crippen LogP contribution in [0, 0.1) is 6.92 Å². The molecule has 68 valence electrons. The molecule has 0 bridgehead atoms. The molecule has 0 spiro atoms. The smallest absolute Gasteiger partial charge is 0.137 e. The van der Waals surface area contributed by atoms with E-state index in [4.69, 9.17) is 5.73 Å². The van der Waals surface area contributed by atoms with Crippen LogP contribution in [0.15, 0.2) is 9.59 Å². The minimum Gasteiger partial charge on any atom is -0.383 e. The van der Waals surface area contributed by atoms with Crippen LogP contribution in [0.4, 0.5) is 5.82 Å². The van der Waals surface area contributed by atoms with Gasteiger partial charge in [-0.25, -0.2) is 9.97 Å². The molecule has 0 aliphatic heterocycles. The van der Waals surface area contributed by atoms with Crippen LogP contribution in [-0.2, 0) is 0 Å². The Bertz CT molecular complexity index is 450. The predicted octanol–water partition coefficient (Wildman–Crippen LogP) is 2.30. The van der Waals surface area contributed by atoms with E-state index in [-0.39, 0.29) is 0 Å². The van der Waals surface area contributed by atoms with Crippen LogP contribution in [0.2, 0.25) is 0 Å². The lowest BCUT2D eigenvalue weighted by atomic mass is 10.3. The number of nitrogens with zero attached hydrogens (tertiary/aromatic N) is 2. The summed E-state index contributed by atoms with van der Waals surface area (Å²) in [5.74, 6) is 1.32. The summed E-state index contributed by atoms with van der Waals surface area (Å²) in [4.78, 5) is 8.45. The summed E-state index contributed by atoms with van der Waals surface area (Å²) in [6, 6.07) is 0. The van der Waals surface area contributed by atoms with E-state index in [1.54, 1.807) is 23.1 Å². The maximum absolute atomic E-state index is 5.82. The minimum atomic E-state index is 0.591. The number of anilines is 1. The van der Waals surface area contributed by atoms with Gasteiger partial charge in [0.05, 0.1) is 15.1 Å². The Labute approximate surface area is 84.4 Å². The molecule has 0 aromatic carbocycles. The molecule has 0 unspecified atom stereocenters. The van der Waals surface area contributed by atoms with Gasteiger partial charge in [-0.15, -0.1) is 23.1 Å². The molecule has 0 aliphatic rings. The Hall–Kier alpha value is -0.810. The van der Waals surface area contributed by atoms with E-state index in [2.05, 4.69) is 9.97 Å². The predicted molar refractivity (Wildman–Crippen MR) is 58.3 cm³/mol. The monoisotopic (exact) mass is 211 g/mol. The van der Waals surface area contributed by atoms with E-state index in [9.17, 15) is 0 Å². The summed E-state index contributed by atoms with van der Waals surface area (Å²) >= 11 is 3.35. The molecule has 5 heteroatoms. The molecule has 0 fully saturated rings. The molecule has 2 heterocycles. The second-order valence-corrected chi connectivity index (χ2v) is 4.60. The van der Waals surface area contributed by atoms with Gasteiger partial charge >= 0.3 is 0 Å². The fraction of sp³-hybridized carbons (Fsp3) is 0.250. The van der Waals surface area contributed by atoms with Gasteiger partial charge in [-0.05, 0) is 13.2 Å². The van der Waals surface area contributed by atoms with Crippen LogP contribution in [0.3, 0.4) is 0 Å². The lowest BCUT2D eigenvalue weighted by Crippen LogP contribution is -1.95. The topological polar surface area (TPSA) is 51.8 Å².